The van der Waals surface area contributed by atoms with Gasteiger partial charge in [-0.3, -0.25) is 9.59 Å². The van der Waals surface area contributed by atoms with Crippen molar-refractivity contribution in [3.8, 4) is 0 Å². The summed E-state index contributed by atoms with van der Waals surface area (Å²) in [5.41, 5.74) is -0.534. The number of hydrogen-bond donors (Lipinski definition) is 0. The second kappa shape index (κ2) is 5.83. The number of carbonyl (C=O) groups is 2. The predicted octanol–water partition coefficient (Wildman–Crippen LogP) is 2.40. The van der Waals surface area contributed by atoms with E-state index < -0.39 is 25.7 Å². The maximum Gasteiger partial charge on any atom is 0.323 e. The summed E-state index contributed by atoms with van der Waals surface area (Å²) in [5, 5.41) is 0. The van der Waals surface area contributed by atoms with Crippen molar-refractivity contribution in [1.82, 2.24) is 0 Å². The summed E-state index contributed by atoms with van der Waals surface area (Å²) in [7, 11) is 0.747. The molecule has 0 unspecified atom stereocenters. The number of carbonyl (C=O) groups excluding carboxylic acids is 2. The average molecular weight is 298 g/mol. The van der Waals surface area contributed by atoms with Gasteiger partial charge >= 0.3 is 11.9 Å². The lowest BCUT2D eigenvalue weighted by Crippen LogP contribution is -2.39. The minimum Gasteiger partial charge on any atom is -0.545 e. The van der Waals surface area contributed by atoms with E-state index in [4.69, 9.17) is 13.9 Å². The third-order valence-corrected chi connectivity index (χ3v) is 3.99. The van der Waals surface area contributed by atoms with Gasteiger partial charge in [0.25, 0.3) is 0 Å². The highest BCUT2D eigenvalue weighted by molar-refractivity contribution is 6.70. The number of esters is 2. The fourth-order valence-electron chi connectivity index (χ4n) is 2.20. The van der Waals surface area contributed by atoms with Crippen molar-refractivity contribution in [2.24, 2.45) is 5.41 Å². The molecule has 0 aromatic carbocycles. The van der Waals surface area contributed by atoms with Gasteiger partial charge in [0.1, 0.15) is 0 Å². The molecule has 0 saturated carbocycles. The Morgan fingerprint density at radius 2 is 1.70 bits per heavy atom. The molecule has 112 valence electrons. The van der Waals surface area contributed by atoms with E-state index in [2.05, 4.69) is 6.58 Å². The lowest BCUT2D eigenvalue weighted by molar-refractivity contribution is -0.168. The van der Waals surface area contributed by atoms with Gasteiger partial charge < -0.3 is 13.9 Å². The maximum absolute atomic E-state index is 12.0. The summed E-state index contributed by atoms with van der Waals surface area (Å²) in [4.78, 5) is 23.9. The monoisotopic (exact) mass is 298 g/mol. The van der Waals surface area contributed by atoms with Crippen LogP contribution in [0.3, 0.4) is 0 Å². The molecule has 0 bridgehead atoms. The van der Waals surface area contributed by atoms with Crippen LogP contribution in [0.25, 0.3) is 0 Å². The first-order chi connectivity index (χ1) is 9.16. The van der Waals surface area contributed by atoms with Crippen LogP contribution in [0.1, 0.15) is 12.8 Å². The van der Waals surface area contributed by atoms with Gasteiger partial charge in [-0.15, -0.1) is 0 Å². The number of allylic oxidation sites excluding steroid dienone is 2. The van der Waals surface area contributed by atoms with Crippen molar-refractivity contribution in [3.05, 3.63) is 24.0 Å². The fourth-order valence-corrected chi connectivity index (χ4v) is 3.07. The molecule has 0 aromatic heterocycles. The van der Waals surface area contributed by atoms with Gasteiger partial charge in [0.2, 0.25) is 8.32 Å². The summed E-state index contributed by atoms with van der Waals surface area (Å²) in [6, 6.07) is 0. The molecule has 0 fully saturated rings. The third kappa shape index (κ3) is 3.30. The summed E-state index contributed by atoms with van der Waals surface area (Å²) >= 11 is 0. The Balaban J connectivity index is 2.92. The Hall–Kier alpha value is -1.56. The molecule has 0 atom stereocenters. The number of rotatable bonds is 5. The summed E-state index contributed by atoms with van der Waals surface area (Å²) in [5.74, 6) is -0.647. The Kier molecular flexibility index (Phi) is 4.80. The zero-order valence-electron chi connectivity index (χ0n) is 12.7. The van der Waals surface area contributed by atoms with Crippen LogP contribution in [0.4, 0.5) is 0 Å². The van der Waals surface area contributed by atoms with Gasteiger partial charge in [-0.25, -0.2) is 0 Å². The molecule has 0 spiro atoms. The van der Waals surface area contributed by atoms with Crippen molar-refractivity contribution >= 4 is 20.3 Å². The Morgan fingerprint density at radius 1 is 1.20 bits per heavy atom. The van der Waals surface area contributed by atoms with E-state index in [1.807, 2.05) is 19.6 Å². The normalized spacial score (nSPS) is 17.1. The van der Waals surface area contributed by atoms with Crippen molar-refractivity contribution in [2.75, 3.05) is 14.2 Å². The standard InChI is InChI=1S/C14H22O5Si/c1-10(19-20(4,5)6)11-7-8-14(9-11,12(15)17-2)13(16)18-3/h7H,1,8-9H2,2-6H3. The van der Waals surface area contributed by atoms with Gasteiger partial charge in [-0.1, -0.05) is 12.7 Å². The number of hydrogen-bond acceptors (Lipinski definition) is 5. The highest BCUT2D eigenvalue weighted by atomic mass is 28.4. The largest absolute Gasteiger partial charge is 0.545 e. The quantitative estimate of drug-likeness (QED) is 0.337. The molecule has 0 heterocycles. The number of methoxy groups -OCH3 is 2. The Bertz CT molecular complexity index is 443. The molecule has 0 aliphatic heterocycles. The van der Waals surface area contributed by atoms with Gasteiger partial charge in [0.15, 0.2) is 5.41 Å². The second-order valence-electron chi connectivity index (χ2n) is 5.81. The first kappa shape index (κ1) is 16.5. The summed E-state index contributed by atoms with van der Waals surface area (Å²) < 4.78 is 15.3. The van der Waals surface area contributed by atoms with Gasteiger partial charge in [0.05, 0.1) is 20.0 Å². The lowest BCUT2D eigenvalue weighted by atomic mass is 9.84. The molecule has 0 N–H and O–H groups in total. The van der Waals surface area contributed by atoms with Crippen LogP contribution in [-0.2, 0) is 23.5 Å². The number of ether oxygens (including phenoxy) is 2. The van der Waals surface area contributed by atoms with Crippen molar-refractivity contribution in [2.45, 2.75) is 32.5 Å². The SMILES string of the molecule is C=C(O[Si](C)(C)C)C1=CCC(C(=O)OC)(C(=O)OC)C1. The Labute approximate surface area is 120 Å². The van der Waals surface area contributed by atoms with E-state index >= 15 is 0 Å². The zero-order valence-corrected chi connectivity index (χ0v) is 13.7. The predicted molar refractivity (Wildman–Crippen MR) is 77.4 cm³/mol. The van der Waals surface area contributed by atoms with Gasteiger partial charge in [-0.05, 0) is 31.6 Å². The van der Waals surface area contributed by atoms with Crippen LogP contribution in [0.5, 0.6) is 0 Å². The van der Waals surface area contributed by atoms with E-state index in [0.29, 0.717) is 5.76 Å². The topological polar surface area (TPSA) is 61.8 Å². The highest BCUT2D eigenvalue weighted by Crippen LogP contribution is 2.42. The summed E-state index contributed by atoms with van der Waals surface area (Å²) in [6.45, 7) is 10.0. The van der Waals surface area contributed by atoms with E-state index in [9.17, 15) is 9.59 Å². The molecule has 0 amide bonds. The molecule has 6 heteroatoms. The van der Waals surface area contributed by atoms with E-state index in [1.165, 1.54) is 14.2 Å². The van der Waals surface area contributed by atoms with Gasteiger partial charge in [-0.2, -0.15) is 0 Å². The van der Waals surface area contributed by atoms with E-state index in [0.717, 1.165) is 5.57 Å². The molecule has 0 radical (unpaired) electrons. The molecule has 1 rings (SSSR count). The van der Waals surface area contributed by atoms with Crippen LogP contribution < -0.4 is 0 Å². The second-order valence-corrected chi connectivity index (χ2v) is 10.2. The molecular weight excluding hydrogens is 276 g/mol. The van der Waals surface area contributed by atoms with E-state index in [-0.39, 0.29) is 12.8 Å². The summed E-state index contributed by atoms with van der Waals surface area (Å²) in [6.07, 6.45) is 2.25. The first-order valence-corrected chi connectivity index (χ1v) is 9.81. The minimum atomic E-state index is -1.78. The Morgan fingerprint density at radius 3 is 2.10 bits per heavy atom. The first-order valence-electron chi connectivity index (χ1n) is 6.40. The van der Waals surface area contributed by atoms with Gasteiger partial charge in [0, 0.05) is 6.42 Å². The smallest absolute Gasteiger partial charge is 0.323 e. The third-order valence-electron chi connectivity index (χ3n) is 3.13. The minimum absolute atomic E-state index is 0.204. The van der Waals surface area contributed by atoms with Crippen LogP contribution >= 0.6 is 0 Å². The van der Waals surface area contributed by atoms with Crippen molar-refractivity contribution in [3.63, 3.8) is 0 Å². The zero-order chi connectivity index (χ0) is 15.6. The van der Waals surface area contributed by atoms with Crippen LogP contribution in [0.2, 0.25) is 19.6 Å². The van der Waals surface area contributed by atoms with Crippen LogP contribution in [-0.4, -0.2) is 34.5 Å². The molecule has 0 aromatic rings. The molecule has 20 heavy (non-hydrogen) atoms. The molecule has 5 nitrogen and oxygen atoms in total. The maximum atomic E-state index is 12.0. The van der Waals surface area contributed by atoms with E-state index in [1.54, 1.807) is 6.08 Å². The molecule has 1 aliphatic rings. The average Bonchev–Trinajstić information content (AvgIpc) is 2.81. The van der Waals surface area contributed by atoms with Crippen molar-refractivity contribution in [1.29, 1.82) is 0 Å². The molecule has 0 saturated heterocycles. The van der Waals surface area contributed by atoms with Crippen LogP contribution in [0, 0.1) is 5.41 Å². The van der Waals surface area contributed by atoms with Crippen molar-refractivity contribution < 1.29 is 23.5 Å². The highest BCUT2D eigenvalue weighted by Gasteiger charge is 2.51. The van der Waals surface area contributed by atoms with Crippen LogP contribution in [0.15, 0.2) is 24.0 Å². The lowest BCUT2D eigenvalue weighted by Gasteiger charge is -2.25. The molecule has 1 aliphatic carbocycles. The fraction of sp³-hybridized carbons (Fsp3) is 0.571. The molecular formula is C14H22O5Si.